The zero-order valence-electron chi connectivity index (χ0n) is 27.9. The van der Waals surface area contributed by atoms with Crippen LogP contribution in [0.5, 0.6) is 0 Å². The molecule has 52 heavy (non-hydrogen) atoms. The van der Waals surface area contributed by atoms with Gasteiger partial charge in [-0.15, -0.1) is 0 Å². The molecule has 242 valence electrons. The smallest absolute Gasteiger partial charge is 0.136 e. The van der Waals surface area contributed by atoms with Gasteiger partial charge >= 0.3 is 0 Å². The van der Waals surface area contributed by atoms with Gasteiger partial charge in [0, 0.05) is 59.8 Å². The molecule has 4 aromatic heterocycles. The summed E-state index contributed by atoms with van der Waals surface area (Å²) >= 11 is 0. The molecule has 12 rings (SSSR count). The SMILES string of the molecule is c1ccc(-n2c3ccccc3c3cc(-c4ccc5oc6cc7c(cc6c5c4)oc4ccc(-c5ccc6[nH]c8ccccc8c6c5)cc47)ccc32)cc1. The van der Waals surface area contributed by atoms with Gasteiger partial charge in [-0.25, -0.2) is 0 Å². The van der Waals surface area contributed by atoms with Gasteiger partial charge < -0.3 is 18.4 Å². The predicted octanol–water partition coefficient (Wildman–Crippen LogP) is 13.6. The van der Waals surface area contributed by atoms with Crippen LogP contribution >= 0.6 is 0 Å². The van der Waals surface area contributed by atoms with E-state index in [1.807, 2.05) is 0 Å². The Morgan fingerprint density at radius 1 is 0.327 bits per heavy atom. The van der Waals surface area contributed by atoms with Crippen LogP contribution in [0.25, 0.3) is 115 Å². The van der Waals surface area contributed by atoms with E-state index < -0.39 is 0 Å². The largest absolute Gasteiger partial charge is 0.456 e. The minimum atomic E-state index is 0.856. The fourth-order valence-electron chi connectivity index (χ4n) is 8.44. The number of hydrogen-bond acceptors (Lipinski definition) is 2. The molecule has 4 heterocycles. The summed E-state index contributed by atoms with van der Waals surface area (Å²) in [5, 5.41) is 9.21. The highest BCUT2D eigenvalue weighted by atomic mass is 16.3. The van der Waals surface area contributed by atoms with E-state index in [0.29, 0.717) is 0 Å². The van der Waals surface area contributed by atoms with Gasteiger partial charge in [-0.05, 0) is 107 Å². The van der Waals surface area contributed by atoms with Crippen molar-refractivity contribution >= 4 is 87.5 Å². The number of furan rings is 2. The number of H-pyrrole nitrogens is 1. The zero-order chi connectivity index (χ0) is 33.9. The lowest BCUT2D eigenvalue weighted by Crippen LogP contribution is -1.92. The van der Waals surface area contributed by atoms with Crippen molar-refractivity contribution in [2.75, 3.05) is 0 Å². The summed E-state index contributed by atoms with van der Waals surface area (Å²) in [7, 11) is 0. The lowest BCUT2D eigenvalue weighted by atomic mass is 9.99. The number of hydrogen-bond donors (Lipinski definition) is 1. The highest BCUT2D eigenvalue weighted by Gasteiger charge is 2.17. The summed E-state index contributed by atoms with van der Waals surface area (Å²) in [6.45, 7) is 0. The Morgan fingerprint density at radius 3 is 1.54 bits per heavy atom. The van der Waals surface area contributed by atoms with Crippen LogP contribution in [0.15, 0.2) is 173 Å². The first kappa shape index (κ1) is 27.7. The van der Waals surface area contributed by atoms with E-state index in [0.717, 1.165) is 71.7 Å². The predicted molar refractivity (Wildman–Crippen MR) is 216 cm³/mol. The number of fused-ring (bicyclic) bond motifs is 12. The van der Waals surface area contributed by atoms with E-state index in [1.54, 1.807) is 0 Å². The Balaban J connectivity index is 0.979. The third-order valence-corrected chi connectivity index (χ3v) is 10.9. The molecule has 0 saturated carbocycles. The molecule has 0 amide bonds. The molecule has 0 fully saturated rings. The van der Waals surface area contributed by atoms with Crippen LogP contribution in [-0.4, -0.2) is 9.55 Å². The summed E-state index contributed by atoms with van der Waals surface area (Å²) in [5.74, 6) is 0. The first-order valence-corrected chi connectivity index (χ1v) is 17.7. The monoisotopic (exact) mass is 664 g/mol. The zero-order valence-corrected chi connectivity index (χ0v) is 27.9. The number of nitrogens with zero attached hydrogens (tertiary/aromatic N) is 1. The van der Waals surface area contributed by atoms with Gasteiger partial charge in [-0.1, -0.05) is 78.9 Å². The van der Waals surface area contributed by atoms with E-state index in [4.69, 9.17) is 8.83 Å². The first-order chi connectivity index (χ1) is 25.7. The summed E-state index contributed by atoms with van der Waals surface area (Å²) in [6.07, 6.45) is 0. The standard InChI is InChI=1S/C48H28N2O2/c1-2-8-32(9-3-1)50-43-13-7-5-11-34(43)36-23-29(15-19-44(36)50)31-17-21-46-38(25-31)40-27-47-39(26-48(40)52-46)37-24-30(16-20-45(37)51-47)28-14-18-42-35(22-28)33-10-4-6-12-41(33)49-42/h1-27,49H. The van der Waals surface area contributed by atoms with Crippen molar-refractivity contribution in [2.45, 2.75) is 0 Å². The number of aromatic nitrogens is 2. The van der Waals surface area contributed by atoms with Crippen LogP contribution in [0, 0.1) is 0 Å². The van der Waals surface area contributed by atoms with E-state index in [9.17, 15) is 0 Å². The Kier molecular flexibility index (Phi) is 5.47. The van der Waals surface area contributed by atoms with Crippen LogP contribution in [0.3, 0.4) is 0 Å². The average Bonchev–Trinajstić information content (AvgIpc) is 3.95. The molecule has 4 nitrogen and oxygen atoms in total. The summed E-state index contributed by atoms with van der Waals surface area (Å²) in [5.41, 5.74) is 13.9. The number of aromatic amines is 1. The summed E-state index contributed by atoms with van der Waals surface area (Å²) < 4.78 is 15.3. The maximum absolute atomic E-state index is 6.50. The number of benzene rings is 8. The van der Waals surface area contributed by atoms with Crippen molar-refractivity contribution in [1.29, 1.82) is 0 Å². The van der Waals surface area contributed by atoms with Crippen LogP contribution in [0.2, 0.25) is 0 Å². The molecule has 4 heteroatoms. The molecule has 0 unspecified atom stereocenters. The Hall–Kier alpha value is -7.04. The Bertz CT molecular complexity index is 3410. The minimum Gasteiger partial charge on any atom is -0.456 e. The van der Waals surface area contributed by atoms with Gasteiger partial charge in [-0.3, -0.25) is 0 Å². The summed E-state index contributed by atoms with van der Waals surface area (Å²) in [6, 6.07) is 58.5. The van der Waals surface area contributed by atoms with Gasteiger partial charge in [0.25, 0.3) is 0 Å². The van der Waals surface area contributed by atoms with Crippen LogP contribution < -0.4 is 0 Å². The number of para-hydroxylation sites is 3. The van der Waals surface area contributed by atoms with Crippen LogP contribution in [0.1, 0.15) is 0 Å². The fourth-order valence-corrected chi connectivity index (χ4v) is 8.44. The van der Waals surface area contributed by atoms with Crippen molar-refractivity contribution < 1.29 is 8.83 Å². The maximum atomic E-state index is 6.50. The van der Waals surface area contributed by atoms with E-state index >= 15 is 0 Å². The van der Waals surface area contributed by atoms with E-state index in [-0.39, 0.29) is 0 Å². The molecule has 12 aromatic rings. The minimum absolute atomic E-state index is 0.856. The van der Waals surface area contributed by atoms with Gasteiger partial charge in [0.2, 0.25) is 0 Å². The van der Waals surface area contributed by atoms with E-state index in [2.05, 4.69) is 173 Å². The Morgan fingerprint density at radius 2 is 0.827 bits per heavy atom. The summed E-state index contributed by atoms with van der Waals surface area (Å²) in [4.78, 5) is 3.54. The highest BCUT2D eigenvalue weighted by Crippen LogP contribution is 2.41. The lowest BCUT2D eigenvalue weighted by Gasteiger charge is -2.08. The molecule has 0 saturated heterocycles. The van der Waals surface area contributed by atoms with Gasteiger partial charge in [-0.2, -0.15) is 0 Å². The number of nitrogens with one attached hydrogen (secondary N) is 1. The van der Waals surface area contributed by atoms with Crippen molar-refractivity contribution in [2.24, 2.45) is 0 Å². The van der Waals surface area contributed by atoms with Gasteiger partial charge in [0.15, 0.2) is 0 Å². The van der Waals surface area contributed by atoms with E-state index in [1.165, 1.54) is 43.7 Å². The van der Waals surface area contributed by atoms with Crippen molar-refractivity contribution in [3.8, 4) is 27.9 Å². The van der Waals surface area contributed by atoms with Crippen molar-refractivity contribution in [1.82, 2.24) is 9.55 Å². The topological polar surface area (TPSA) is 47.0 Å². The molecular formula is C48H28N2O2. The second-order valence-electron chi connectivity index (χ2n) is 13.8. The molecule has 0 aliphatic heterocycles. The lowest BCUT2D eigenvalue weighted by molar-refractivity contribution is 0.664. The molecular weight excluding hydrogens is 637 g/mol. The fraction of sp³-hybridized carbons (Fsp3) is 0. The highest BCUT2D eigenvalue weighted by molar-refractivity contribution is 6.16. The van der Waals surface area contributed by atoms with Crippen molar-refractivity contribution in [3.05, 3.63) is 164 Å². The number of rotatable bonds is 3. The first-order valence-electron chi connectivity index (χ1n) is 17.7. The second kappa shape index (κ2) is 10.3. The van der Waals surface area contributed by atoms with Crippen LogP contribution in [-0.2, 0) is 0 Å². The van der Waals surface area contributed by atoms with Crippen LogP contribution in [0.4, 0.5) is 0 Å². The quantitative estimate of drug-likeness (QED) is 0.204. The third kappa shape index (κ3) is 3.92. The molecule has 0 radical (unpaired) electrons. The molecule has 0 spiro atoms. The average molecular weight is 665 g/mol. The second-order valence-corrected chi connectivity index (χ2v) is 13.8. The van der Waals surface area contributed by atoms with Gasteiger partial charge in [0.1, 0.15) is 22.3 Å². The molecule has 0 atom stereocenters. The molecule has 0 bridgehead atoms. The van der Waals surface area contributed by atoms with Crippen molar-refractivity contribution in [3.63, 3.8) is 0 Å². The normalized spacial score (nSPS) is 12.2. The molecule has 1 N–H and O–H groups in total. The molecule has 8 aromatic carbocycles. The molecule has 0 aliphatic carbocycles. The van der Waals surface area contributed by atoms with Gasteiger partial charge in [0.05, 0.1) is 11.0 Å². The third-order valence-electron chi connectivity index (χ3n) is 10.9. The Labute approximate surface area is 296 Å². The molecule has 0 aliphatic rings. The maximum Gasteiger partial charge on any atom is 0.136 e.